The van der Waals surface area contributed by atoms with Crippen molar-refractivity contribution in [1.29, 1.82) is 10.5 Å². The molecule has 0 fully saturated rings. The van der Waals surface area contributed by atoms with Gasteiger partial charge >= 0.3 is 0 Å². The Morgan fingerprint density at radius 3 is 2.31 bits per heavy atom. The van der Waals surface area contributed by atoms with Crippen LogP contribution in [0.2, 0.25) is 5.02 Å². The van der Waals surface area contributed by atoms with Gasteiger partial charge in [0.2, 0.25) is 0 Å². The van der Waals surface area contributed by atoms with E-state index in [4.69, 9.17) is 11.6 Å². The van der Waals surface area contributed by atoms with Gasteiger partial charge in [-0.1, -0.05) is 48.0 Å². The van der Waals surface area contributed by atoms with Gasteiger partial charge in [0.05, 0.1) is 23.7 Å². The normalized spacial score (nSPS) is 17.6. The van der Waals surface area contributed by atoms with E-state index >= 15 is 0 Å². The highest BCUT2D eigenvalue weighted by Crippen LogP contribution is 2.40. The van der Waals surface area contributed by atoms with Crippen molar-refractivity contribution < 1.29 is 4.79 Å². The van der Waals surface area contributed by atoms with Crippen LogP contribution in [0.5, 0.6) is 0 Å². The second kappa shape index (κ2) is 7.39. The van der Waals surface area contributed by atoms with Crippen molar-refractivity contribution in [3.8, 4) is 12.1 Å². The van der Waals surface area contributed by atoms with Gasteiger partial charge in [-0.25, -0.2) is 5.01 Å². The highest BCUT2D eigenvalue weighted by Gasteiger charge is 2.44. The topological polar surface area (TPSA) is 80.2 Å². The molecule has 0 saturated carbocycles. The summed E-state index contributed by atoms with van der Waals surface area (Å²) in [4.78, 5) is 13.1. The fraction of sp³-hybridized carbons (Fsp3) is 0.200. The number of amides is 1. The predicted octanol–water partition coefficient (Wildman–Crippen LogP) is 4.13. The first-order chi connectivity index (χ1) is 12.6. The van der Waals surface area contributed by atoms with Crippen molar-refractivity contribution in [1.82, 2.24) is 0 Å². The van der Waals surface area contributed by atoms with Crippen molar-refractivity contribution in [2.45, 2.75) is 12.8 Å². The van der Waals surface area contributed by atoms with E-state index < -0.39 is 17.8 Å². The zero-order chi connectivity index (χ0) is 18.7. The minimum absolute atomic E-state index is 0.269. The van der Waals surface area contributed by atoms with E-state index in [1.54, 1.807) is 43.3 Å². The Labute approximate surface area is 156 Å². The molecule has 26 heavy (non-hydrogen) atoms. The number of rotatable bonds is 4. The molecule has 0 unspecified atom stereocenters. The molecule has 2 aromatic carbocycles. The van der Waals surface area contributed by atoms with Crippen LogP contribution in [0.1, 0.15) is 18.4 Å². The molecule has 0 bridgehead atoms. The largest absolute Gasteiger partial charge is 0.272 e. The molecule has 3 rings (SSSR count). The Balaban J connectivity index is 2.07. The van der Waals surface area contributed by atoms with Gasteiger partial charge in [-0.2, -0.15) is 15.6 Å². The van der Waals surface area contributed by atoms with Crippen molar-refractivity contribution in [3.05, 3.63) is 65.2 Å². The molecule has 1 heterocycles. The number of hydrazone groups is 1. The summed E-state index contributed by atoms with van der Waals surface area (Å²) in [6.45, 7) is 1.74. The SMILES string of the molecule is CC1=NN(c2ccccc2)C(=O)[C@H]1[C@@H](c1ccccc1Cl)C(C#N)C#N. The van der Waals surface area contributed by atoms with E-state index in [0.717, 1.165) is 0 Å². The number of hydrogen-bond donors (Lipinski definition) is 0. The van der Waals surface area contributed by atoms with Crippen LogP contribution in [0.25, 0.3) is 0 Å². The average molecular weight is 363 g/mol. The first-order valence-corrected chi connectivity index (χ1v) is 8.44. The van der Waals surface area contributed by atoms with Crippen LogP contribution in [0.3, 0.4) is 0 Å². The fourth-order valence-corrected chi connectivity index (χ4v) is 3.50. The number of nitrogens with zero attached hydrogens (tertiary/aromatic N) is 4. The number of carbonyl (C=O) groups is 1. The van der Waals surface area contributed by atoms with E-state index in [-0.39, 0.29) is 5.91 Å². The lowest BCUT2D eigenvalue weighted by Gasteiger charge is -2.25. The standard InChI is InChI=1S/C20H15ClN4O/c1-13-18(20(26)25(24-13)15-7-3-2-4-8-15)19(14(11-22)12-23)16-9-5-6-10-17(16)21/h2-10,14,18-19H,1H3/t18-,19-/m1/s1. The smallest absolute Gasteiger partial charge is 0.256 e. The fourth-order valence-electron chi connectivity index (χ4n) is 3.23. The number of anilines is 1. The molecular weight excluding hydrogens is 348 g/mol. The summed E-state index contributed by atoms with van der Waals surface area (Å²) >= 11 is 6.32. The summed E-state index contributed by atoms with van der Waals surface area (Å²) in [5, 5.41) is 25.1. The molecule has 0 aromatic heterocycles. The van der Waals surface area contributed by atoms with Crippen molar-refractivity contribution in [2.75, 3.05) is 5.01 Å². The van der Waals surface area contributed by atoms with Crippen LogP contribution in [0.4, 0.5) is 5.69 Å². The van der Waals surface area contributed by atoms with E-state index in [0.29, 0.717) is 22.0 Å². The number of para-hydroxylation sites is 1. The average Bonchev–Trinajstić information content (AvgIpc) is 2.95. The maximum Gasteiger partial charge on any atom is 0.256 e. The second-order valence-corrected chi connectivity index (χ2v) is 6.40. The van der Waals surface area contributed by atoms with Crippen LogP contribution in [0.15, 0.2) is 59.7 Å². The number of carbonyl (C=O) groups excluding carboxylic acids is 1. The molecule has 0 saturated heterocycles. The molecular formula is C20H15ClN4O. The molecule has 2 aromatic rings. The van der Waals surface area contributed by atoms with Crippen molar-refractivity contribution >= 4 is 28.9 Å². The quantitative estimate of drug-likeness (QED) is 0.820. The third kappa shape index (κ3) is 3.06. The number of halogens is 1. The van der Waals surface area contributed by atoms with E-state index in [2.05, 4.69) is 5.10 Å². The molecule has 6 heteroatoms. The maximum absolute atomic E-state index is 13.1. The molecule has 0 N–H and O–H groups in total. The van der Waals surface area contributed by atoms with Crippen LogP contribution < -0.4 is 5.01 Å². The summed E-state index contributed by atoms with van der Waals surface area (Å²) in [7, 11) is 0. The third-order valence-corrected chi connectivity index (χ3v) is 4.79. The van der Waals surface area contributed by atoms with Gasteiger partial charge in [0.15, 0.2) is 0 Å². The van der Waals surface area contributed by atoms with E-state index in [1.165, 1.54) is 5.01 Å². The Kier molecular flexibility index (Phi) is 5.02. The Morgan fingerprint density at radius 2 is 1.69 bits per heavy atom. The summed E-state index contributed by atoms with van der Waals surface area (Å²) < 4.78 is 0. The molecule has 1 aliphatic heterocycles. The zero-order valence-corrected chi connectivity index (χ0v) is 14.8. The molecule has 1 aliphatic rings. The van der Waals surface area contributed by atoms with Crippen molar-refractivity contribution in [2.24, 2.45) is 16.9 Å². The predicted molar refractivity (Wildman–Crippen MR) is 99.4 cm³/mol. The highest BCUT2D eigenvalue weighted by atomic mass is 35.5. The molecule has 2 atom stereocenters. The van der Waals surface area contributed by atoms with Crippen LogP contribution >= 0.6 is 11.6 Å². The lowest BCUT2D eigenvalue weighted by Crippen LogP contribution is -2.34. The van der Waals surface area contributed by atoms with Gasteiger partial charge in [0.25, 0.3) is 5.91 Å². The monoisotopic (exact) mass is 362 g/mol. The first-order valence-electron chi connectivity index (χ1n) is 8.06. The first kappa shape index (κ1) is 17.7. The minimum Gasteiger partial charge on any atom is -0.272 e. The second-order valence-electron chi connectivity index (χ2n) is 5.99. The van der Waals surface area contributed by atoms with E-state index in [9.17, 15) is 15.3 Å². The van der Waals surface area contributed by atoms with Crippen LogP contribution in [-0.4, -0.2) is 11.6 Å². The Bertz CT molecular complexity index is 928. The molecule has 0 aliphatic carbocycles. The third-order valence-electron chi connectivity index (χ3n) is 4.44. The van der Waals surface area contributed by atoms with Crippen LogP contribution in [-0.2, 0) is 4.79 Å². The Hall–Kier alpha value is -3.15. The molecule has 1 amide bonds. The number of hydrogen-bond acceptors (Lipinski definition) is 4. The van der Waals surface area contributed by atoms with Gasteiger partial charge in [-0.15, -0.1) is 0 Å². The lowest BCUT2D eigenvalue weighted by atomic mass is 9.75. The van der Waals surface area contributed by atoms with Gasteiger partial charge in [0, 0.05) is 16.7 Å². The Morgan fingerprint density at radius 1 is 1.08 bits per heavy atom. The van der Waals surface area contributed by atoms with Gasteiger partial charge < -0.3 is 0 Å². The molecule has 0 radical (unpaired) electrons. The molecule has 5 nitrogen and oxygen atoms in total. The molecule has 128 valence electrons. The van der Waals surface area contributed by atoms with E-state index in [1.807, 2.05) is 30.3 Å². The number of nitriles is 2. The molecule has 0 spiro atoms. The summed E-state index contributed by atoms with van der Waals surface area (Å²) in [5.41, 5.74) is 1.80. The van der Waals surface area contributed by atoms with Gasteiger partial charge in [0.1, 0.15) is 5.92 Å². The van der Waals surface area contributed by atoms with Crippen LogP contribution in [0, 0.1) is 34.5 Å². The number of benzene rings is 2. The zero-order valence-electron chi connectivity index (χ0n) is 14.0. The summed E-state index contributed by atoms with van der Waals surface area (Å²) in [6, 6.07) is 20.1. The minimum atomic E-state index is -1.02. The summed E-state index contributed by atoms with van der Waals surface area (Å²) in [5.74, 6) is -2.71. The van der Waals surface area contributed by atoms with Crippen molar-refractivity contribution in [3.63, 3.8) is 0 Å². The maximum atomic E-state index is 13.1. The highest BCUT2D eigenvalue weighted by molar-refractivity contribution is 6.31. The van der Waals surface area contributed by atoms with Gasteiger partial charge in [-0.3, -0.25) is 4.79 Å². The van der Waals surface area contributed by atoms with Gasteiger partial charge in [-0.05, 0) is 30.7 Å². The lowest BCUT2D eigenvalue weighted by molar-refractivity contribution is -0.120. The summed E-state index contributed by atoms with van der Waals surface area (Å²) in [6.07, 6.45) is 0.